The molecule has 6 nitrogen and oxygen atoms in total. The number of rotatable bonds is 6. The van der Waals surface area contributed by atoms with Crippen LogP contribution >= 0.6 is 11.3 Å². The van der Waals surface area contributed by atoms with E-state index in [1.807, 2.05) is 26.0 Å². The first-order valence-electron chi connectivity index (χ1n) is 9.64. The SMILES string of the molecule is CC(=O)N[C@@H]1CCCC[C@H]1NC(=O)c1csc(COc2cc(C)cc(C)c2)n1. The lowest BCUT2D eigenvalue weighted by molar-refractivity contribution is -0.120. The molecular formula is C21H27N3O3S. The van der Waals surface area contributed by atoms with Gasteiger partial charge in [0.25, 0.3) is 5.91 Å². The normalized spacial score (nSPS) is 19.1. The fraction of sp³-hybridized carbons (Fsp3) is 0.476. The Morgan fingerprint density at radius 1 is 1.11 bits per heavy atom. The second-order valence-electron chi connectivity index (χ2n) is 7.41. The summed E-state index contributed by atoms with van der Waals surface area (Å²) in [6, 6.07) is 6.00. The first kappa shape index (κ1) is 20.3. The summed E-state index contributed by atoms with van der Waals surface area (Å²) in [7, 11) is 0. The molecule has 1 heterocycles. The maximum absolute atomic E-state index is 12.6. The number of ether oxygens (including phenoxy) is 1. The predicted molar refractivity (Wildman–Crippen MR) is 110 cm³/mol. The molecule has 7 heteroatoms. The molecule has 2 aromatic rings. The van der Waals surface area contributed by atoms with Gasteiger partial charge in [0.15, 0.2) is 0 Å². The fourth-order valence-electron chi connectivity index (χ4n) is 3.62. The Kier molecular flexibility index (Phi) is 6.67. The number of hydrogen-bond acceptors (Lipinski definition) is 5. The number of nitrogens with one attached hydrogen (secondary N) is 2. The van der Waals surface area contributed by atoms with Gasteiger partial charge in [-0.25, -0.2) is 4.98 Å². The maximum atomic E-state index is 12.6. The van der Waals surface area contributed by atoms with Gasteiger partial charge in [0.2, 0.25) is 5.91 Å². The van der Waals surface area contributed by atoms with Crippen molar-refractivity contribution in [2.24, 2.45) is 0 Å². The van der Waals surface area contributed by atoms with Crippen molar-refractivity contribution in [3.05, 3.63) is 45.4 Å². The van der Waals surface area contributed by atoms with Crippen molar-refractivity contribution in [1.29, 1.82) is 0 Å². The van der Waals surface area contributed by atoms with E-state index in [9.17, 15) is 9.59 Å². The Bertz CT molecular complexity index is 829. The van der Waals surface area contributed by atoms with Crippen molar-refractivity contribution in [3.63, 3.8) is 0 Å². The fourth-order valence-corrected chi connectivity index (χ4v) is 4.31. The Morgan fingerprint density at radius 2 is 1.75 bits per heavy atom. The zero-order chi connectivity index (χ0) is 20.1. The summed E-state index contributed by atoms with van der Waals surface area (Å²) in [6.07, 6.45) is 3.86. The maximum Gasteiger partial charge on any atom is 0.271 e. The second-order valence-corrected chi connectivity index (χ2v) is 8.35. The third-order valence-electron chi connectivity index (χ3n) is 4.81. The summed E-state index contributed by atoms with van der Waals surface area (Å²) in [4.78, 5) is 28.4. The Hall–Kier alpha value is -2.41. The van der Waals surface area contributed by atoms with E-state index in [-0.39, 0.29) is 23.9 Å². The molecular weight excluding hydrogens is 374 g/mol. The minimum Gasteiger partial charge on any atom is -0.486 e. The number of carbonyl (C=O) groups excluding carboxylic acids is 2. The Morgan fingerprint density at radius 3 is 2.39 bits per heavy atom. The summed E-state index contributed by atoms with van der Waals surface area (Å²) in [5.41, 5.74) is 2.70. The number of nitrogens with zero attached hydrogens (tertiary/aromatic N) is 1. The topological polar surface area (TPSA) is 80.3 Å². The van der Waals surface area contributed by atoms with Crippen LogP contribution in [0.1, 0.15) is 59.2 Å². The molecule has 1 fully saturated rings. The van der Waals surface area contributed by atoms with Gasteiger partial charge in [-0.05, 0) is 49.9 Å². The van der Waals surface area contributed by atoms with Crippen molar-refractivity contribution < 1.29 is 14.3 Å². The van der Waals surface area contributed by atoms with Gasteiger partial charge < -0.3 is 15.4 Å². The molecule has 1 aromatic carbocycles. The van der Waals surface area contributed by atoms with Crippen molar-refractivity contribution in [1.82, 2.24) is 15.6 Å². The summed E-state index contributed by atoms with van der Waals surface area (Å²) in [5, 5.41) is 8.50. The number of amides is 2. The van der Waals surface area contributed by atoms with Crippen LogP contribution in [0.25, 0.3) is 0 Å². The van der Waals surface area contributed by atoms with Crippen LogP contribution in [0.3, 0.4) is 0 Å². The molecule has 3 rings (SSSR count). The highest BCUT2D eigenvalue weighted by Gasteiger charge is 2.28. The van der Waals surface area contributed by atoms with E-state index in [1.165, 1.54) is 18.3 Å². The van der Waals surface area contributed by atoms with Crippen LogP contribution < -0.4 is 15.4 Å². The molecule has 1 aliphatic rings. The first-order chi connectivity index (χ1) is 13.4. The van der Waals surface area contributed by atoms with Crippen molar-refractivity contribution in [3.8, 4) is 5.75 Å². The summed E-state index contributed by atoms with van der Waals surface area (Å²) >= 11 is 1.41. The zero-order valence-corrected chi connectivity index (χ0v) is 17.4. The quantitative estimate of drug-likeness (QED) is 0.776. The van der Waals surface area contributed by atoms with Crippen LogP contribution in [0, 0.1) is 13.8 Å². The van der Waals surface area contributed by atoms with Crippen LogP contribution in [0.15, 0.2) is 23.6 Å². The lowest BCUT2D eigenvalue weighted by atomic mass is 9.90. The molecule has 0 saturated heterocycles. The van der Waals surface area contributed by atoms with Crippen LogP contribution in [0.2, 0.25) is 0 Å². The molecule has 1 aliphatic carbocycles. The number of aromatic nitrogens is 1. The third kappa shape index (κ3) is 5.55. The van der Waals surface area contributed by atoms with E-state index >= 15 is 0 Å². The molecule has 0 spiro atoms. The average molecular weight is 402 g/mol. The van der Waals surface area contributed by atoms with Crippen molar-refractivity contribution in [2.75, 3.05) is 0 Å². The van der Waals surface area contributed by atoms with Gasteiger partial charge in [0.05, 0.1) is 0 Å². The highest BCUT2D eigenvalue weighted by atomic mass is 32.1. The lowest BCUT2D eigenvalue weighted by Gasteiger charge is -2.32. The highest BCUT2D eigenvalue weighted by molar-refractivity contribution is 7.09. The average Bonchev–Trinajstić information content (AvgIpc) is 3.10. The van der Waals surface area contributed by atoms with Gasteiger partial charge in [-0.1, -0.05) is 18.9 Å². The number of thiazole rings is 1. The van der Waals surface area contributed by atoms with E-state index in [4.69, 9.17) is 4.74 Å². The van der Waals surface area contributed by atoms with Crippen LogP contribution in [0.5, 0.6) is 5.75 Å². The number of aryl methyl sites for hydroxylation is 2. The molecule has 0 bridgehead atoms. The molecule has 1 aromatic heterocycles. The molecule has 0 unspecified atom stereocenters. The molecule has 1 saturated carbocycles. The standard InChI is InChI=1S/C21H27N3O3S/c1-13-8-14(2)10-16(9-13)27-11-20-23-19(12-28-20)21(26)24-18-7-5-4-6-17(18)22-15(3)25/h8-10,12,17-18H,4-7,11H2,1-3H3,(H,22,25)(H,24,26)/t17-,18-/m1/s1. The molecule has 2 amide bonds. The number of benzene rings is 1. The van der Waals surface area contributed by atoms with Crippen LogP contribution in [0.4, 0.5) is 0 Å². The summed E-state index contributed by atoms with van der Waals surface area (Å²) < 4.78 is 5.83. The van der Waals surface area contributed by atoms with Crippen LogP contribution in [-0.4, -0.2) is 28.9 Å². The van der Waals surface area contributed by atoms with Crippen LogP contribution in [-0.2, 0) is 11.4 Å². The Labute approximate surface area is 169 Å². The van der Waals surface area contributed by atoms with E-state index in [2.05, 4.69) is 21.7 Å². The van der Waals surface area contributed by atoms with E-state index < -0.39 is 0 Å². The van der Waals surface area contributed by atoms with Crippen molar-refractivity contribution in [2.45, 2.75) is 65.1 Å². The second kappa shape index (κ2) is 9.19. The molecule has 150 valence electrons. The monoisotopic (exact) mass is 401 g/mol. The van der Waals surface area contributed by atoms with Gasteiger partial charge in [0.1, 0.15) is 23.1 Å². The first-order valence-corrected chi connectivity index (χ1v) is 10.5. The number of hydrogen-bond donors (Lipinski definition) is 2. The van der Waals surface area contributed by atoms with Gasteiger partial charge in [0, 0.05) is 24.4 Å². The zero-order valence-electron chi connectivity index (χ0n) is 16.6. The van der Waals surface area contributed by atoms with E-state index in [0.717, 1.165) is 47.6 Å². The van der Waals surface area contributed by atoms with Crippen molar-refractivity contribution >= 4 is 23.2 Å². The minimum atomic E-state index is -0.198. The van der Waals surface area contributed by atoms with Gasteiger partial charge in [-0.3, -0.25) is 9.59 Å². The lowest BCUT2D eigenvalue weighted by Crippen LogP contribution is -2.52. The molecule has 0 radical (unpaired) electrons. The van der Waals surface area contributed by atoms with Gasteiger partial charge in [-0.2, -0.15) is 0 Å². The van der Waals surface area contributed by atoms with E-state index in [1.54, 1.807) is 5.38 Å². The molecule has 0 aliphatic heterocycles. The summed E-state index contributed by atoms with van der Waals surface area (Å²) in [5.74, 6) is 0.542. The van der Waals surface area contributed by atoms with Gasteiger partial charge >= 0.3 is 0 Å². The summed E-state index contributed by atoms with van der Waals surface area (Å²) in [6.45, 7) is 5.91. The largest absolute Gasteiger partial charge is 0.486 e. The molecule has 2 N–H and O–H groups in total. The smallest absolute Gasteiger partial charge is 0.271 e. The van der Waals surface area contributed by atoms with Gasteiger partial charge in [-0.15, -0.1) is 11.3 Å². The Balaban J connectivity index is 1.58. The highest BCUT2D eigenvalue weighted by Crippen LogP contribution is 2.21. The molecule has 28 heavy (non-hydrogen) atoms. The predicted octanol–water partition coefficient (Wildman–Crippen LogP) is 3.52. The number of carbonyl (C=O) groups is 2. The third-order valence-corrected chi connectivity index (χ3v) is 5.64. The molecule has 2 atom stereocenters. The minimum absolute atomic E-state index is 0.0128. The van der Waals surface area contributed by atoms with E-state index in [0.29, 0.717) is 12.3 Å².